The highest BCUT2D eigenvalue weighted by atomic mass is 35.5. The maximum atomic E-state index is 11.4. The number of carbonyl (C=O) groups is 1. The smallest absolute Gasteiger partial charge is 0.323 e. The van der Waals surface area contributed by atoms with Crippen LogP contribution < -0.4 is 5.32 Å². The first-order chi connectivity index (χ1) is 8.42. The number of carboxylic acids is 1. The van der Waals surface area contributed by atoms with E-state index in [9.17, 15) is 9.90 Å². The molecule has 2 N–H and O–H groups in total. The van der Waals surface area contributed by atoms with Crippen molar-refractivity contribution in [2.24, 2.45) is 0 Å². The number of carboxylic acid groups (broad SMARTS) is 1. The van der Waals surface area contributed by atoms with Crippen LogP contribution in [-0.4, -0.2) is 32.4 Å². The molecule has 1 aromatic rings. The molecule has 0 radical (unpaired) electrons. The van der Waals surface area contributed by atoms with E-state index in [2.05, 4.69) is 10.4 Å². The van der Waals surface area contributed by atoms with Crippen LogP contribution in [0.1, 0.15) is 31.9 Å². The first kappa shape index (κ1) is 13.4. The van der Waals surface area contributed by atoms with Crippen molar-refractivity contribution in [2.75, 3.05) is 0 Å². The Bertz CT molecular complexity index is 456. The Hall–Kier alpha value is -1.07. The van der Waals surface area contributed by atoms with Gasteiger partial charge in [0, 0.05) is 12.6 Å². The molecule has 6 heteroatoms. The highest BCUT2D eigenvalue weighted by molar-refractivity contribution is 6.31. The quantitative estimate of drug-likeness (QED) is 0.828. The molecule has 0 spiro atoms. The van der Waals surface area contributed by atoms with Gasteiger partial charge in [-0.1, -0.05) is 11.6 Å². The molecule has 1 aromatic heterocycles. The number of halogens is 1. The van der Waals surface area contributed by atoms with Crippen molar-refractivity contribution < 1.29 is 9.90 Å². The molecular formula is C12H18ClN3O2. The Labute approximate surface area is 111 Å². The number of aryl methyl sites for hydroxylation is 1. The molecule has 1 unspecified atom stereocenters. The summed E-state index contributed by atoms with van der Waals surface area (Å²) in [6.07, 6.45) is 4.20. The Morgan fingerprint density at radius 2 is 2.39 bits per heavy atom. The van der Waals surface area contributed by atoms with Gasteiger partial charge in [-0.2, -0.15) is 5.10 Å². The van der Waals surface area contributed by atoms with Crippen molar-refractivity contribution in [1.29, 1.82) is 0 Å². The zero-order valence-corrected chi connectivity index (χ0v) is 11.4. The summed E-state index contributed by atoms with van der Waals surface area (Å²) in [4.78, 5) is 11.4. The molecule has 1 heterocycles. The fourth-order valence-electron chi connectivity index (χ4n) is 1.90. The van der Waals surface area contributed by atoms with E-state index in [1.54, 1.807) is 17.8 Å². The van der Waals surface area contributed by atoms with Crippen LogP contribution in [0, 0.1) is 6.92 Å². The maximum Gasteiger partial charge on any atom is 0.323 e. The summed E-state index contributed by atoms with van der Waals surface area (Å²) in [7, 11) is 0. The molecular weight excluding hydrogens is 254 g/mol. The highest BCUT2D eigenvalue weighted by Gasteiger charge is 2.38. The van der Waals surface area contributed by atoms with E-state index < -0.39 is 11.5 Å². The van der Waals surface area contributed by atoms with E-state index in [0.717, 1.165) is 18.5 Å². The van der Waals surface area contributed by atoms with Gasteiger partial charge in [0.2, 0.25) is 0 Å². The fraction of sp³-hybridized carbons (Fsp3) is 0.667. The van der Waals surface area contributed by atoms with Crippen LogP contribution in [-0.2, 0) is 11.3 Å². The minimum atomic E-state index is -0.897. The second-order valence-corrected chi connectivity index (χ2v) is 5.51. The lowest BCUT2D eigenvalue weighted by Gasteiger charge is -2.26. The van der Waals surface area contributed by atoms with Gasteiger partial charge >= 0.3 is 5.97 Å². The molecule has 1 aliphatic carbocycles. The predicted molar refractivity (Wildman–Crippen MR) is 68.8 cm³/mol. The molecule has 18 heavy (non-hydrogen) atoms. The van der Waals surface area contributed by atoms with E-state index in [1.165, 1.54) is 0 Å². The van der Waals surface area contributed by atoms with Crippen molar-refractivity contribution in [3.8, 4) is 0 Å². The van der Waals surface area contributed by atoms with Crippen LogP contribution in [0.25, 0.3) is 0 Å². The van der Waals surface area contributed by atoms with Gasteiger partial charge in [-0.15, -0.1) is 0 Å². The summed E-state index contributed by atoms with van der Waals surface area (Å²) >= 11 is 5.92. The molecule has 0 amide bonds. The molecule has 0 saturated heterocycles. The maximum absolute atomic E-state index is 11.4. The SMILES string of the molecule is Cc1c(Cl)cnn1CCC(C)(NC1CC1)C(=O)O. The van der Waals surface area contributed by atoms with Gasteiger partial charge in [-0.05, 0) is 33.1 Å². The molecule has 2 rings (SSSR count). The molecule has 1 atom stereocenters. The molecule has 5 nitrogen and oxygen atoms in total. The Balaban J connectivity index is 2.01. The molecule has 0 bridgehead atoms. The normalized spacial score (nSPS) is 18.6. The van der Waals surface area contributed by atoms with Crippen LogP contribution in [0.15, 0.2) is 6.20 Å². The van der Waals surface area contributed by atoms with Crippen LogP contribution in [0.4, 0.5) is 0 Å². The number of nitrogens with one attached hydrogen (secondary N) is 1. The number of aromatic nitrogens is 2. The molecule has 100 valence electrons. The Morgan fingerprint density at radius 3 is 2.83 bits per heavy atom. The minimum Gasteiger partial charge on any atom is -0.480 e. The number of aliphatic carboxylic acids is 1. The predicted octanol–water partition coefficient (Wildman–Crippen LogP) is 1.83. The summed E-state index contributed by atoms with van der Waals surface area (Å²) in [5, 5.41) is 17.3. The third kappa shape index (κ3) is 2.84. The summed E-state index contributed by atoms with van der Waals surface area (Å²) in [6.45, 7) is 4.15. The molecule has 0 aromatic carbocycles. The zero-order chi connectivity index (χ0) is 13.3. The Kier molecular flexibility index (Phi) is 3.64. The van der Waals surface area contributed by atoms with Gasteiger partial charge < -0.3 is 5.11 Å². The summed E-state index contributed by atoms with van der Waals surface area (Å²) in [6, 6.07) is 0.355. The Morgan fingerprint density at radius 1 is 1.72 bits per heavy atom. The summed E-state index contributed by atoms with van der Waals surface area (Å²) in [5.74, 6) is -0.815. The third-order valence-corrected chi connectivity index (χ3v) is 3.81. The second-order valence-electron chi connectivity index (χ2n) is 5.11. The van der Waals surface area contributed by atoms with Gasteiger partial charge in [-0.25, -0.2) is 0 Å². The van der Waals surface area contributed by atoms with Gasteiger partial charge in [0.1, 0.15) is 5.54 Å². The number of hydrogen-bond acceptors (Lipinski definition) is 3. The van der Waals surface area contributed by atoms with Crippen LogP contribution in [0.5, 0.6) is 0 Å². The third-order valence-electron chi connectivity index (χ3n) is 3.44. The lowest BCUT2D eigenvalue weighted by molar-refractivity contribution is -0.144. The van der Waals surface area contributed by atoms with Gasteiger partial charge in [0.25, 0.3) is 0 Å². The van der Waals surface area contributed by atoms with Crippen molar-refractivity contribution in [1.82, 2.24) is 15.1 Å². The summed E-state index contributed by atoms with van der Waals surface area (Å²) < 4.78 is 1.75. The highest BCUT2D eigenvalue weighted by Crippen LogP contribution is 2.25. The average Bonchev–Trinajstić information content (AvgIpc) is 3.05. The topological polar surface area (TPSA) is 67.2 Å². The largest absolute Gasteiger partial charge is 0.480 e. The number of hydrogen-bond donors (Lipinski definition) is 2. The minimum absolute atomic E-state index is 0.355. The van der Waals surface area contributed by atoms with Crippen LogP contribution in [0.2, 0.25) is 5.02 Å². The first-order valence-electron chi connectivity index (χ1n) is 6.11. The standard InChI is InChI=1S/C12H18ClN3O2/c1-8-10(13)7-14-16(8)6-5-12(2,11(17)18)15-9-3-4-9/h7,9,15H,3-6H2,1-2H3,(H,17,18). The van der Waals surface area contributed by atoms with Crippen molar-refractivity contribution >= 4 is 17.6 Å². The zero-order valence-electron chi connectivity index (χ0n) is 10.6. The second kappa shape index (κ2) is 4.90. The van der Waals surface area contributed by atoms with Gasteiger partial charge in [0.05, 0.1) is 16.9 Å². The lowest BCUT2D eigenvalue weighted by Crippen LogP contribution is -2.51. The van der Waals surface area contributed by atoms with E-state index in [-0.39, 0.29) is 0 Å². The van der Waals surface area contributed by atoms with Crippen LogP contribution in [0.3, 0.4) is 0 Å². The fourth-order valence-corrected chi connectivity index (χ4v) is 2.04. The van der Waals surface area contributed by atoms with E-state index in [4.69, 9.17) is 11.6 Å². The monoisotopic (exact) mass is 271 g/mol. The van der Waals surface area contributed by atoms with Crippen molar-refractivity contribution in [3.63, 3.8) is 0 Å². The van der Waals surface area contributed by atoms with E-state index >= 15 is 0 Å². The van der Waals surface area contributed by atoms with Crippen LogP contribution >= 0.6 is 11.6 Å². The molecule has 1 aliphatic rings. The van der Waals surface area contributed by atoms with E-state index in [0.29, 0.717) is 24.0 Å². The van der Waals surface area contributed by atoms with Crippen molar-refractivity contribution in [2.45, 2.75) is 51.2 Å². The van der Waals surface area contributed by atoms with E-state index in [1.807, 2.05) is 6.92 Å². The number of rotatable bonds is 6. The lowest BCUT2D eigenvalue weighted by atomic mass is 9.98. The molecule has 1 fully saturated rings. The van der Waals surface area contributed by atoms with Crippen molar-refractivity contribution in [3.05, 3.63) is 16.9 Å². The van der Waals surface area contributed by atoms with Gasteiger partial charge in [-0.3, -0.25) is 14.8 Å². The van der Waals surface area contributed by atoms with Gasteiger partial charge in [0.15, 0.2) is 0 Å². The first-order valence-corrected chi connectivity index (χ1v) is 6.49. The average molecular weight is 272 g/mol. The molecule has 1 saturated carbocycles. The summed E-state index contributed by atoms with van der Waals surface area (Å²) in [5.41, 5.74) is -0.0257. The molecule has 0 aliphatic heterocycles. The number of nitrogens with zero attached hydrogens (tertiary/aromatic N) is 2.